The van der Waals surface area contributed by atoms with Crippen LogP contribution in [0.1, 0.15) is 29.4 Å². The molecule has 0 aromatic carbocycles. The van der Waals surface area contributed by atoms with E-state index >= 15 is 0 Å². The molecule has 1 rings (SSSR count). The fourth-order valence-electron chi connectivity index (χ4n) is 1.51. The highest BCUT2D eigenvalue weighted by atomic mass is 16.2. The van der Waals surface area contributed by atoms with Crippen LogP contribution in [0.4, 0.5) is 5.82 Å². The number of aromatic nitrogens is 2. The average Bonchev–Trinajstić information content (AvgIpc) is 2.57. The number of hydrogen-bond acceptors (Lipinski definition) is 3. The molecule has 1 aromatic rings. The Kier molecular flexibility index (Phi) is 3.95. The van der Waals surface area contributed by atoms with Crippen molar-refractivity contribution < 1.29 is 4.79 Å². The number of nitrogen functional groups attached to an aromatic ring is 1. The second kappa shape index (κ2) is 5.21. The van der Waals surface area contributed by atoms with E-state index in [0.29, 0.717) is 17.8 Å². The number of amides is 1. The molecule has 0 bridgehead atoms. The Morgan fingerprint density at radius 2 is 2.38 bits per heavy atom. The molecule has 0 saturated carbocycles. The van der Waals surface area contributed by atoms with E-state index in [0.717, 1.165) is 6.42 Å². The van der Waals surface area contributed by atoms with Crippen molar-refractivity contribution in [2.75, 3.05) is 18.8 Å². The van der Waals surface area contributed by atoms with Gasteiger partial charge in [-0.25, -0.2) is 0 Å². The third-order valence-corrected chi connectivity index (χ3v) is 2.25. The lowest BCUT2D eigenvalue weighted by Crippen LogP contribution is -2.32. The van der Waals surface area contributed by atoms with E-state index in [9.17, 15) is 4.79 Å². The van der Waals surface area contributed by atoms with Gasteiger partial charge in [0.15, 0.2) is 5.82 Å². The Hall–Kier alpha value is -1.96. The normalized spacial score (nSPS) is 9.81. The number of H-pyrrole nitrogens is 1. The number of carbonyl (C=O) groups is 1. The van der Waals surface area contributed by atoms with Gasteiger partial charge in [0.05, 0.1) is 6.54 Å². The molecule has 5 heteroatoms. The van der Waals surface area contributed by atoms with E-state index in [1.165, 1.54) is 0 Å². The summed E-state index contributed by atoms with van der Waals surface area (Å²) in [5, 5.41) is 6.48. The van der Waals surface area contributed by atoms with Crippen molar-refractivity contribution in [1.82, 2.24) is 15.1 Å². The van der Waals surface area contributed by atoms with Gasteiger partial charge < -0.3 is 10.6 Å². The number of hydrogen-bond donors (Lipinski definition) is 2. The third kappa shape index (κ3) is 2.34. The highest BCUT2D eigenvalue weighted by Crippen LogP contribution is 2.15. The van der Waals surface area contributed by atoms with Crippen LogP contribution in [-0.2, 0) is 0 Å². The van der Waals surface area contributed by atoms with E-state index < -0.39 is 0 Å². The molecular weight excluding hydrogens is 204 g/mol. The van der Waals surface area contributed by atoms with E-state index in [1.54, 1.807) is 11.8 Å². The summed E-state index contributed by atoms with van der Waals surface area (Å²) in [6, 6.07) is 0. The maximum atomic E-state index is 12.1. The van der Waals surface area contributed by atoms with Gasteiger partial charge in [-0.15, -0.1) is 6.42 Å². The van der Waals surface area contributed by atoms with Crippen LogP contribution in [0.25, 0.3) is 0 Å². The van der Waals surface area contributed by atoms with E-state index in [4.69, 9.17) is 12.2 Å². The van der Waals surface area contributed by atoms with Crippen molar-refractivity contribution in [3.05, 3.63) is 11.3 Å². The number of anilines is 1. The fourth-order valence-corrected chi connectivity index (χ4v) is 1.51. The van der Waals surface area contributed by atoms with E-state index in [2.05, 4.69) is 16.1 Å². The molecule has 0 aliphatic carbocycles. The smallest absolute Gasteiger partial charge is 0.260 e. The first kappa shape index (κ1) is 12.1. The second-order valence-corrected chi connectivity index (χ2v) is 3.54. The monoisotopic (exact) mass is 220 g/mol. The molecule has 0 fully saturated rings. The van der Waals surface area contributed by atoms with Crippen LogP contribution in [0.3, 0.4) is 0 Å². The lowest BCUT2D eigenvalue weighted by molar-refractivity contribution is 0.0777. The van der Waals surface area contributed by atoms with Crippen molar-refractivity contribution in [3.63, 3.8) is 0 Å². The molecule has 0 aliphatic heterocycles. The van der Waals surface area contributed by atoms with Crippen molar-refractivity contribution in [1.29, 1.82) is 0 Å². The predicted octanol–water partition coefficient (Wildman–Crippen LogP) is 0.786. The molecule has 1 aromatic heterocycles. The highest BCUT2D eigenvalue weighted by Gasteiger charge is 2.21. The van der Waals surface area contributed by atoms with Crippen LogP contribution in [-0.4, -0.2) is 34.1 Å². The topological polar surface area (TPSA) is 75.0 Å². The summed E-state index contributed by atoms with van der Waals surface area (Å²) in [5.74, 6) is 2.53. The highest BCUT2D eigenvalue weighted by molar-refractivity contribution is 5.99. The van der Waals surface area contributed by atoms with E-state index in [-0.39, 0.29) is 18.3 Å². The van der Waals surface area contributed by atoms with Gasteiger partial charge in [0.2, 0.25) is 0 Å². The predicted molar refractivity (Wildman–Crippen MR) is 62.8 cm³/mol. The summed E-state index contributed by atoms with van der Waals surface area (Å²) < 4.78 is 0. The summed E-state index contributed by atoms with van der Waals surface area (Å²) in [6.45, 7) is 4.66. The molecule has 0 unspecified atom stereocenters. The maximum Gasteiger partial charge on any atom is 0.260 e. The quantitative estimate of drug-likeness (QED) is 0.736. The first-order valence-electron chi connectivity index (χ1n) is 5.15. The van der Waals surface area contributed by atoms with Crippen LogP contribution < -0.4 is 5.73 Å². The summed E-state index contributed by atoms with van der Waals surface area (Å²) in [5.41, 5.74) is 6.72. The zero-order valence-corrected chi connectivity index (χ0v) is 9.58. The molecule has 0 spiro atoms. The zero-order chi connectivity index (χ0) is 12.1. The third-order valence-electron chi connectivity index (χ3n) is 2.25. The van der Waals surface area contributed by atoms with Crippen LogP contribution in [0.5, 0.6) is 0 Å². The maximum absolute atomic E-state index is 12.1. The minimum Gasteiger partial charge on any atom is -0.382 e. The lowest BCUT2D eigenvalue weighted by Gasteiger charge is -2.19. The number of rotatable bonds is 4. The van der Waals surface area contributed by atoms with E-state index in [1.807, 2.05) is 6.92 Å². The molecule has 0 radical (unpaired) electrons. The largest absolute Gasteiger partial charge is 0.382 e. The van der Waals surface area contributed by atoms with Gasteiger partial charge in [0.1, 0.15) is 5.56 Å². The molecule has 1 amide bonds. The summed E-state index contributed by atoms with van der Waals surface area (Å²) in [6.07, 6.45) is 6.08. The minimum absolute atomic E-state index is 0.163. The Bertz CT molecular complexity index is 397. The summed E-state index contributed by atoms with van der Waals surface area (Å²) >= 11 is 0. The first-order chi connectivity index (χ1) is 7.61. The molecule has 16 heavy (non-hydrogen) atoms. The second-order valence-electron chi connectivity index (χ2n) is 3.54. The molecular formula is C11H16N4O. The Balaban J connectivity index is 2.95. The molecule has 0 aliphatic rings. The van der Waals surface area contributed by atoms with Crippen LogP contribution >= 0.6 is 0 Å². The number of carbonyl (C=O) groups excluding carboxylic acids is 1. The van der Waals surface area contributed by atoms with Gasteiger partial charge in [-0.1, -0.05) is 12.8 Å². The zero-order valence-electron chi connectivity index (χ0n) is 9.58. The SMILES string of the molecule is C#CCN(CCC)C(=O)c1c(N)n[nH]c1C. The molecule has 5 nitrogen and oxygen atoms in total. The van der Waals surface area contributed by atoms with Gasteiger partial charge in [-0.3, -0.25) is 9.89 Å². The van der Waals surface area contributed by atoms with Crippen LogP contribution in [0.2, 0.25) is 0 Å². The van der Waals surface area contributed by atoms with Crippen molar-refractivity contribution in [2.24, 2.45) is 0 Å². The first-order valence-corrected chi connectivity index (χ1v) is 5.15. The van der Waals surface area contributed by atoms with Crippen molar-refractivity contribution in [3.8, 4) is 12.3 Å². The van der Waals surface area contributed by atoms with Crippen molar-refractivity contribution in [2.45, 2.75) is 20.3 Å². The molecule has 1 heterocycles. The van der Waals surface area contributed by atoms with Gasteiger partial charge >= 0.3 is 0 Å². The summed E-state index contributed by atoms with van der Waals surface area (Å²) in [4.78, 5) is 13.7. The minimum atomic E-state index is -0.163. The molecule has 0 atom stereocenters. The average molecular weight is 220 g/mol. The lowest BCUT2D eigenvalue weighted by atomic mass is 10.2. The van der Waals surface area contributed by atoms with Crippen molar-refractivity contribution >= 4 is 11.7 Å². The number of nitrogens with zero attached hydrogens (tertiary/aromatic N) is 2. The molecule has 3 N–H and O–H groups in total. The number of terminal acetylenes is 1. The molecule has 86 valence electrons. The van der Waals surface area contributed by atoms with Gasteiger partial charge in [-0.05, 0) is 13.3 Å². The fraction of sp³-hybridized carbons (Fsp3) is 0.455. The van der Waals surface area contributed by atoms with Crippen LogP contribution in [0.15, 0.2) is 0 Å². The summed E-state index contributed by atoms with van der Waals surface area (Å²) in [7, 11) is 0. The number of aromatic amines is 1. The van der Waals surface area contributed by atoms with Crippen LogP contribution in [0, 0.1) is 19.3 Å². The van der Waals surface area contributed by atoms with Gasteiger partial charge in [0.25, 0.3) is 5.91 Å². The van der Waals surface area contributed by atoms with Gasteiger partial charge in [-0.2, -0.15) is 5.10 Å². The standard InChI is InChI=1S/C11H16N4O/c1-4-6-15(7-5-2)11(16)9-8(3)13-14-10(9)12/h1H,5-7H2,2-3H3,(H3,12,13,14). The van der Waals surface area contributed by atoms with Gasteiger partial charge in [0, 0.05) is 12.2 Å². The molecule has 0 saturated heterocycles. The number of nitrogens with one attached hydrogen (secondary N) is 1. The Labute approximate surface area is 95.0 Å². The Morgan fingerprint density at radius 1 is 1.69 bits per heavy atom. The Morgan fingerprint density at radius 3 is 2.81 bits per heavy atom. The number of aryl methyl sites for hydroxylation is 1. The number of nitrogens with two attached hydrogens (primary N) is 1.